The maximum absolute atomic E-state index is 12.1. The lowest BCUT2D eigenvalue weighted by atomic mass is 10.2. The predicted molar refractivity (Wildman–Crippen MR) is 86.9 cm³/mol. The molecule has 0 unspecified atom stereocenters. The molecule has 0 heterocycles. The second-order valence-electron chi connectivity index (χ2n) is 4.79. The topological polar surface area (TPSA) is 125 Å². The van der Waals surface area contributed by atoms with Gasteiger partial charge < -0.3 is 0 Å². The van der Waals surface area contributed by atoms with Gasteiger partial charge in [0.1, 0.15) is 0 Å². The maximum Gasteiger partial charge on any atom is 0.276 e. The molecule has 9 heteroatoms. The van der Waals surface area contributed by atoms with Gasteiger partial charge in [-0.05, 0) is 30.7 Å². The molecule has 0 bridgehead atoms. The molecule has 0 spiro atoms. The second-order valence-corrected chi connectivity index (χ2v) is 6.45. The third-order valence-electron chi connectivity index (χ3n) is 3.11. The highest BCUT2D eigenvalue weighted by atomic mass is 32.2. The van der Waals surface area contributed by atoms with Crippen LogP contribution in [-0.4, -0.2) is 19.6 Å². The van der Waals surface area contributed by atoms with Crippen LogP contribution < -0.4 is 4.83 Å². The van der Waals surface area contributed by atoms with E-state index in [-0.39, 0.29) is 10.6 Å². The zero-order valence-electron chi connectivity index (χ0n) is 12.5. The number of nitriles is 1. The summed E-state index contributed by atoms with van der Waals surface area (Å²) in [5, 5.41) is 23.2. The number of nitro groups is 1. The van der Waals surface area contributed by atoms with Gasteiger partial charge in [0.05, 0.1) is 27.7 Å². The fourth-order valence-electron chi connectivity index (χ4n) is 1.82. The summed E-state index contributed by atoms with van der Waals surface area (Å²) in [6, 6.07) is 11.9. The van der Waals surface area contributed by atoms with Crippen LogP contribution in [0.1, 0.15) is 16.7 Å². The summed E-state index contributed by atoms with van der Waals surface area (Å²) in [6.45, 7) is 1.52. The molecule has 0 aromatic heterocycles. The third kappa shape index (κ3) is 3.93. The number of hydrazone groups is 1. The zero-order valence-corrected chi connectivity index (χ0v) is 13.3. The summed E-state index contributed by atoms with van der Waals surface area (Å²) in [5.41, 5.74) is 1.14. The van der Waals surface area contributed by atoms with E-state index < -0.39 is 14.9 Å². The van der Waals surface area contributed by atoms with Crippen LogP contribution in [0.15, 0.2) is 52.5 Å². The molecule has 24 heavy (non-hydrogen) atoms. The number of nitro benzene ring substituents is 1. The van der Waals surface area contributed by atoms with Gasteiger partial charge in [0.25, 0.3) is 15.7 Å². The first-order chi connectivity index (χ1) is 11.3. The molecule has 0 aliphatic heterocycles. The van der Waals surface area contributed by atoms with Crippen molar-refractivity contribution >= 4 is 21.9 Å². The zero-order chi connectivity index (χ0) is 17.7. The SMILES string of the molecule is Cc1ccc(S(=O)(=O)N/N=C/c2ccc(C#N)cc2)cc1[N+](=O)[O-]. The van der Waals surface area contributed by atoms with Crippen molar-refractivity contribution in [2.75, 3.05) is 0 Å². The smallest absolute Gasteiger partial charge is 0.258 e. The Hall–Kier alpha value is -3.25. The number of hydrogen-bond donors (Lipinski definition) is 1. The number of nitrogens with one attached hydrogen (secondary N) is 1. The number of sulfonamides is 1. The fourth-order valence-corrected chi connectivity index (χ4v) is 2.63. The minimum absolute atomic E-state index is 0.253. The van der Waals surface area contributed by atoms with Crippen LogP contribution >= 0.6 is 0 Å². The van der Waals surface area contributed by atoms with Crippen molar-refractivity contribution in [3.05, 3.63) is 69.3 Å². The van der Waals surface area contributed by atoms with Crippen LogP contribution in [0.25, 0.3) is 0 Å². The summed E-state index contributed by atoms with van der Waals surface area (Å²) in [6.07, 6.45) is 1.27. The molecule has 0 radical (unpaired) electrons. The Labute approximate surface area is 138 Å². The summed E-state index contributed by atoms with van der Waals surface area (Å²) in [7, 11) is -4.02. The van der Waals surface area contributed by atoms with Crippen LogP contribution in [0.5, 0.6) is 0 Å². The van der Waals surface area contributed by atoms with E-state index in [1.54, 1.807) is 24.3 Å². The van der Waals surface area contributed by atoms with E-state index in [0.717, 1.165) is 6.07 Å². The van der Waals surface area contributed by atoms with Crippen molar-refractivity contribution in [3.63, 3.8) is 0 Å². The van der Waals surface area contributed by atoms with Crippen molar-refractivity contribution in [2.45, 2.75) is 11.8 Å². The molecule has 0 aliphatic rings. The number of benzene rings is 2. The Kier molecular flexibility index (Phi) is 4.91. The second kappa shape index (κ2) is 6.89. The van der Waals surface area contributed by atoms with Crippen LogP contribution in [0.4, 0.5) is 5.69 Å². The first-order valence-electron chi connectivity index (χ1n) is 6.63. The Balaban J connectivity index is 2.19. The monoisotopic (exact) mass is 344 g/mol. The van der Waals surface area contributed by atoms with Crippen molar-refractivity contribution in [1.82, 2.24) is 4.83 Å². The van der Waals surface area contributed by atoms with Crippen LogP contribution in [0, 0.1) is 28.4 Å². The van der Waals surface area contributed by atoms with Gasteiger partial charge in [0.15, 0.2) is 0 Å². The highest BCUT2D eigenvalue weighted by Crippen LogP contribution is 2.21. The Morgan fingerprint density at radius 1 is 1.25 bits per heavy atom. The Bertz CT molecular complexity index is 944. The standard InChI is InChI=1S/C15H12N4O4S/c1-11-2-7-14(8-15(11)19(20)21)24(22,23)18-17-10-13-5-3-12(9-16)4-6-13/h2-8,10,18H,1H3/b17-10+. The largest absolute Gasteiger partial charge is 0.276 e. The molecule has 0 aliphatic carbocycles. The predicted octanol–water partition coefficient (Wildman–Crippen LogP) is 2.09. The van der Waals surface area contributed by atoms with E-state index in [2.05, 4.69) is 5.10 Å². The molecular formula is C15H12N4O4S. The number of aryl methyl sites for hydroxylation is 1. The molecule has 0 amide bonds. The van der Waals surface area contributed by atoms with Gasteiger partial charge in [-0.25, -0.2) is 4.83 Å². The van der Waals surface area contributed by atoms with Crippen LogP contribution in [-0.2, 0) is 10.0 Å². The van der Waals surface area contributed by atoms with Gasteiger partial charge in [-0.3, -0.25) is 10.1 Å². The first kappa shape index (κ1) is 17.1. The maximum atomic E-state index is 12.1. The molecule has 2 rings (SSSR count). The van der Waals surface area contributed by atoms with Gasteiger partial charge in [0, 0.05) is 11.6 Å². The lowest BCUT2D eigenvalue weighted by Crippen LogP contribution is -2.18. The summed E-state index contributed by atoms with van der Waals surface area (Å²) in [5.74, 6) is 0. The lowest BCUT2D eigenvalue weighted by molar-refractivity contribution is -0.385. The molecule has 0 saturated carbocycles. The minimum atomic E-state index is -4.02. The van der Waals surface area contributed by atoms with Gasteiger partial charge in [0.2, 0.25) is 0 Å². The molecule has 0 fully saturated rings. The number of rotatable bonds is 5. The van der Waals surface area contributed by atoms with Crippen molar-refractivity contribution in [2.24, 2.45) is 5.10 Å². The quantitative estimate of drug-likeness (QED) is 0.505. The van der Waals surface area contributed by atoms with Gasteiger partial charge in [-0.1, -0.05) is 18.2 Å². The van der Waals surface area contributed by atoms with Gasteiger partial charge in [-0.2, -0.15) is 18.8 Å². The van der Waals surface area contributed by atoms with E-state index in [0.29, 0.717) is 16.7 Å². The van der Waals surface area contributed by atoms with E-state index >= 15 is 0 Å². The fraction of sp³-hybridized carbons (Fsp3) is 0.0667. The highest BCUT2D eigenvalue weighted by Gasteiger charge is 2.19. The van der Waals surface area contributed by atoms with E-state index in [4.69, 9.17) is 5.26 Å². The lowest BCUT2D eigenvalue weighted by Gasteiger charge is -2.04. The Morgan fingerprint density at radius 3 is 2.50 bits per heavy atom. The minimum Gasteiger partial charge on any atom is -0.258 e. The molecule has 2 aromatic carbocycles. The molecule has 0 atom stereocenters. The van der Waals surface area contributed by atoms with Gasteiger partial charge >= 0.3 is 0 Å². The van der Waals surface area contributed by atoms with Gasteiger partial charge in [-0.15, -0.1) is 0 Å². The molecular weight excluding hydrogens is 332 g/mol. The summed E-state index contributed by atoms with van der Waals surface area (Å²) >= 11 is 0. The van der Waals surface area contributed by atoms with Crippen LogP contribution in [0.3, 0.4) is 0 Å². The molecule has 8 nitrogen and oxygen atoms in total. The van der Waals surface area contributed by atoms with E-state index in [9.17, 15) is 18.5 Å². The molecule has 1 N–H and O–H groups in total. The number of hydrogen-bond acceptors (Lipinski definition) is 6. The molecule has 122 valence electrons. The van der Waals surface area contributed by atoms with Crippen molar-refractivity contribution < 1.29 is 13.3 Å². The Morgan fingerprint density at radius 2 is 1.92 bits per heavy atom. The van der Waals surface area contributed by atoms with Crippen molar-refractivity contribution in [1.29, 1.82) is 5.26 Å². The van der Waals surface area contributed by atoms with Crippen molar-refractivity contribution in [3.8, 4) is 6.07 Å². The summed E-state index contributed by atoms with van der Waals surface area (Å²) in [4.78, 5) is 12.0. The molecule has 0 saturated heterocycles. The average Bonchev–Trinajstić information content (AvgIpc) is 2.55. The first-order valence-corrected chi connectivity index (χ1v) is 8.12. The summed E-state index contributed by atoms with van der Waals surface area (Å²) < 4.78 is 24.2. The average molecular weight is 344 g/mol. The third-order valence-corrected chi connectivity index (χ3v) is 4.33. The van der Waals surface area contributed by atoms with E-state index in [1.807, 2.05) is 10.9 Å². The molecule has 2 aromatic rings. The van der Waals surface area contributed by atoms with Crippen LogP contribution in [0.2, 0.25) is 0 Å². The van der Waals surface area contributed by atoms with E-state index in [1.165, 1.54) is 25.3 Å². The normalized spacial score (nSPS) is 11.2. The highest BCUT2D eigenvalue weighted by molar-refractivity contribution is 7.89. The number of nitrogens with zero attached hydrogens (tertiary/aromatic N) is 3.